The second-order valence-corrected chi connectivity index (χ2v) is 8.92. The van der Waals surface area contributed by atoms with Crippen molar-refractivity contribution in [2.24, 2.45) is 5.92 Å². The lowest BCUT2D eigenvalue weighted by Crippen LogP contribution is -2.40. The van der Waals surface area contributed by atoms with Crippen molar-refractivity contribution in [3.63, 3.8) is 0 Å². The zero-order chi connectivity index (χ0) is 21.1. The van der Waals surface area contributed by atoms with Crippen LogP contribution in [0.3, 0.4) is 0 Å². The monoisotopic (exact) mass is 426 g/mol. The lowest BCUT2D eigenvalue weighted by Gasteiger charge is -2.32. The predicted octanol–water partition coefficient (Wildman–Crippen LogP) is 4.33. The molecule has 0 aliphatic carbocycles. The van der Waals surface area contributed by atoms with Gasteiger partial charge in [0.25, 0.3) is 5.91 Å². The number of carbonyl (C=O) groups excluding carboxylic acids is 1. The molecule has 1 saturated heterocycles. The summed E-state index contributed by atoms with van der Waals surface area (Å²) in [5.74, 6) is 0.232. The third-order valence-electron chi connectivity index (χ3n) is 5.79. The van der Waals surface area contributed by atoms with E-state index in [1.807, 2.05) is 29.1 Å². The van der Waals surface area contributed by atoms with Gasteiger partial charge in [0.1, 0.15) is 5.82 Å². The smallest absolute Gasteiger partial charge is 0.261 e. The summed E-state index contributed by atoms with van der Waals surface area (Å²) in [6.45, 7) is 7.67. The van der Waals surface area contributed by atoms with E-state index in [2.05, 4.69) is 17.1 Å². The van der Waals surface area contributed by atoms with Crippen molar-refractivity contribution in [3.05, 3.63) is 69.4 Å². The number of rotatable bonds is 6. The molecule has 1 fully saturated rings. The highest BCUT2D eigenvalue weighted by molar-refractivity contribution is 7.12. The third-order valence-corrected chi connectivity index (χ3v) is 6.66. The highest BCUT2D eigenvalue weighted by atomic mass is 32.1. The summed E-state index contributed by atoms with van der Waals surface area (Å²) in [4.78, 5) is 15.4. The van der Waals surface area contributed by atoms with Crippen molar-refractivity contribution >= 4 is 17.2 Å². The second-order valence-electron chi connectivity index (χ2n) is 7.97. The average Bonchev–Trinajstić information content (AvgIpc) is 3.38. The summed E-state index contributed by atoms with van der Waals surface area (Å²) < 4.78 is 15.2. The van der Waals surface area contributed by atoms with Crippen molar-refractivity contribution in [2.45, 2.75) is 33.2 Å². The second kappa shape index (κ2) is 9.10. The van der Waals surface area contributed by atoms with E-state index in [-0.39, 0.29) is 11.7 Å². The standard InChI is InChI=1S/C23H27FN4OS/c1-16-21(17(2)28(26-16)20-9-7-19(24)8-10-20)15-27-11-3-5-18(14-27)13-25-23(29)22-6-4-12-30-22/h4,6-10,12,18H,3,5,11,13-15H2,1-2H3,(H,25,29). The van der Waals surface area contributed by atoms with Gasteiger partial charge in [0.05, 0.1) is 16.3 Å². The Hall–Kier alpha value is -2.51. The van der Waals surface area contributed by atoms with Gasteiger partial charge < -0.3 is 5.32 Å². The minimum Gasteiger partial charge on any atom is -0.351 e. The minimum absolute atomic E-state index is 0.0226. The Morgan fingerprint density at radius 3 is 2.80 bits per heavy atom. The summed E-state index contributed by atoms with van der Waals surface area (Å²) >= 11 is 1.47. The number of nitrogens with one attached hydrogen (secondary N) is 1. The fourth-order valence-electron chi connectivity index (χ4n) is 4.15. The molecule has 0 bridgehead atoms. The largest absolute Gasteiger partial charge is 0.351 e. The SMILES string of the molecule is Cc1nn(-c2ccc(F)cc2)c(C)c1CN1CCCC(CNC(=O)c2cccs2)C1. The number of aryl methyl sites for hydroxylation is 1. The molecule has 5 nitrogen and oxygen atoms in total. The van der Waals surface area contributed by atoms with Crippen LogP contribution in [0.25, 0.3) is 5.69 Å². The first-order valence-corrected chi connectivity index (χ1v) is 11.2. The van der Waals surface area contributed by atoms with Crippen molar-refractivity contribution in [1.29, 1.82) is 0 Å². The molecule has 3 aromatic rings. The minimum atomic E-state index is -0.244. The molecule has 1 N–H and O–H groups in total. The van der Waals surface area contributed by atoms with E-state index >= 15 is 0 Å². The van der Waals surface area contributed by atoms with Gasteiger partial charge in [-0.2, -0.15) is 5.10 Å². The summed E-state index contributed by atoms with van der Waals surface area (Å²) in [6, 6.07) is 10.2. The van der Waals surface area contributed by atoms with E-state index in [0.29, 0.717) is 12.5 Å². The highest BCUT2D eigenvalue weighted by Gasteiger charge is 2.23. The zero-order valence-electron chi connectivity index (χ0n) is 17.4. The van der Waals surface area contributed by atoms with Gasteiger partial charge in [0.15, 0.2) is 0 Å². The molecule has 4 rings (SSSR count). The van der Waals surface area contributed by atoms with Crippen LogP contribution in [0.4, 0.5) is 4.39 Å². The normalized spacial score (nSPS) is 17.2. The van der Waals surface area contributed by atoms with Gasteiger partial charge in [-0.3, -0.25) is 9.69 Å². The van der Waals surface area contributed by atoms with Crippen LogP contribution >= 0.6 is 11.3 Å². The molecule has 1 unspecified atom stereocenters. The van der Waals surface area contributed by atoms with Crippen LogP contribution in [0.15, 0.2) is 41.8 Å². The molecule has 1 amide bonds. The topological polar surface area (TPSA) is 50.2 Å². The van der Waals surface area contributed by atoms with Crippen molar-refractivity contribution < 1.29 is 9.18 Å². The molecule has 1 atom stereocenters. The maximum Gasteiger partial charge on any atom is 0.261 e. The Kier molecular flexibility index (Phi) is 6.29. The third kappa shape index (κ3) is 4.63. The van der Waals surface area contributed by atoms with E-state index in [1.54, 1.807) is 12.1 Å². The van der Waals surface area contributed by atoms with Crippen LogP contribution in [0.2, 0.25) is 0 Å². The van der Waals surface area contributed by atoms with Gasteiger partial charge in [-0.15, -0.1) is 11.3 Å². The molecule has 2 aromatic heterocycles. The van der Waals surface area contributed by atoms with Gasteiger partial charge >= 0.3 is 0 Å². The van der Waals surface area contributed by atoms with Crippen LogP contribution in [0, 0.1) is 25.6 Å². The molecule has 158 valence electrons. The summed E-state index contributed by atoms with van der Waals surface area (Å²) in [6.07, 6.45) is 2.26. The molecule has 30 heavy (non-hydrogen) atoms. The predicted molar refractivity (Wildman–Crippen MR) is 118 cm³/mol. The lowest BCUT2D eigenvalue weighted by atomic mass is 9.97. The number of piperidine rings is 1. The van der Waals surface area contributed by atoms with Crippen LogP contribution in [0.5, 0.6) is 0 Å². The number of amides is 1. The van der Waals surface area contributed by atoms with E-state index in [0.717, 1.165) is 54.4 Å². The fraction of sp³-hybridized carbons (Fsp3) is 0.391. The number of carbonyl (C=O) groups is 1. The molecule has 1 aliphatic heterocycles. The van der Waals surface area contributed by atoms with Gasteiger partial charge in [-0.05, 0) is 74.9 Å². The number of aromatic nitrogens is 2. The quantitative estimate of drug-likeness (QED) is 0.638. The first kappa shape index (κ1) is 20.8. The number of nitrogens with zero attached hydrogens (tertiary/aromatic N) is 3. The number of halogens is 1. The molecular formula is C23H27FN4OS. The number of hydrogen-bond donors (Lipinski definition) is 1. The summed E-state index contributed by atoms with van der Waals surface area (Å²) in [7, 11) is 0. The van der Waals surface area contributed by atoms with E-state index in [4.69, 9.17) is 5.10 Å². The number of likely N-dealkylation sites (tertiary alicyclic amines) is 1. The van der Waals surface area contributed by atoms with Gasteiger partial charge in [-0.1, -0.05) is 6.07 Å². The Bertz CT molecular complexity index is 997. The van der Waals surface area contributed by atoms with Gasteiger partial charge in [0, 0.05) is 30.9 Å². The molecule has 1 aromatic carbocycles. The van der Waals surface area contributed by atoms with E-state index in [9.17, 15) is 9.18 Å². The van der Waals surface area contributed by atoms with Crippen LogP contribution in [-0.2, 0) is 6.54 Å². The van der Waals surface area contributed by atoms with Crippen LogP contribution in [0.1, 0.15) is 39.5 Å². The molecule has 0 spiro atoms. The first-order chi connectivity index (χ1) is 14.5. The van der Waals surface area contributed by atoms with Gasteiger partial charge in [0.2, 0.25) is 0 Å². The molecular weight excluding hydrogens is 399 g/mol. The number of thiophene rings is 1. The zero-order valence-corrected chi connectivity index (χ0v) is 18.2. The lowest BCUT2D eigenvalue weighted by molar-refractivity contribution is 0.0934. The van der Waals surface area contributed by atoms with Gasteiger partial charge in [-0.25, -0.2) is 9.07 Å². The number of hydrogen-bond acceptors (Lipinski definition) is 4. The van der Waals surface area contributed by atoms with Crippen molar-refractivity contribution in [2.75, 3.05) is 19.6 Å². The maximum absolute atomic E-state index is 13.3. The van der Waals surface area contributed by atoms with Crippen LogP contribution in [-0.4, -0.2) is 40.2 Å². The Morgan fingerprint density at radius 1 is 1.27 bits per heavy atom. The molecule has 7 heteroatoms. The fourth-order valence-corrected chi connectivity index (χ4v) is 4.79. The molecule has 3 heterocycles. The van der Waals surface area contributed by atoms with Crippen molar-refractivity contribution in [3.8, 4) is 5.69 Å². The van der Waals surface area contributed by atoms with Crippen molar-refractivity contribution in [1.82, 2.24) is 20.0 Å². The highest BCUT2D eigenvalue weighted by Crippen LogP contribution is 2.23. The Morgan fingerprint density at radius 2 is 2.07 bits per heavy atom. The average molecular weight is 427 g/mol. The summed E-state index contributed by atoms with van der Waals surface area (Å²) in [5, 5.41) is 9.71. The van der Waals surface area contributed by atoms with Crippen LogP contribution < -0.4 is 5.32 Å². The first-order valence-electron chi connectivity index (χ1n) is 10.4. The molecule has 0 radical (unpaired) electrons. The van der Waals surface area contributed by atoms with E-state index < -0.39 is 0 Å². The Labute approximate surface area is 180 Å². The number of benzene rings is 1. The summed E-state index contributed by atoms with van der Waals surface area (Å²) in [5.41, 5.74) is 4.19. The Balaban J connectivity index is 1.39. The molecule has 1 aliphatic rings. The van der Waals surface area contributed by atoms with E-state index in [1.165, 1.54) is 29.0 Å². The molecule has 0 saturated carbocycles. The maximum atomic E-state index is 13.3.